The molecule has 0 saturated carbocycles. The zero-order valence-electron chi connectivity index (χ0n) is 15.5. The third-order valence-electron chi connectivity index (χ3n) is 4.26. The number of anilines is 1. The molecule has 1 atom stereocenters. The minimum atomic E-state index is -4.01. The van der Waals surface area contributed by atoms with Crippen molar-refractivity contribution in [3.8, 4) is 0 Å². The topological polar surface area (TPSA) is 95.3 Å². The fraction of sp³-hybridized carbons (Fsp3) is 0.0952. The van der Waals surface area contributed by atoms with E-state index in [-0.39, 0.29) is 21.6 Å². The van der Waals surface area contributed by atoms with Crippen molar-refractivity contribution >= 4 is 37.9 Å². The molecule has 0 radical (unpaired) electrons. The van der Waals surface area contributed by atoms with Crippen molar-refractivity contribution in [2.45, 2.75) is 22.8 Å². The number of para-hydroxylation sites is 1. The van der Waals surface area contributed by atoms with Gasteiger partial charge in [0, 0.05) is 34.4 Å². The third-order valence-corrected chi connectivity index (χ3v) is 6.83. The van der Waals surface area contributed by atoms with Crippen molar-refractivity contribution in [1.82, 2.24) is 4.98 Å². The molecular weight excluding hydrogens is 408 g/mol. The fourth-order valence-electron chi connectivity index (χ4n) is 2.89. The summed E-state index contributed by atoms with van der Waals surface area (Å²) in [6.45, 7) is 1.79. The normalized spacial score (nSPS) is 12.8. The lowest BCUT2D eigenvalue weighted by Gasteiger charge is -2.14. The lowest BCUT2D eigenvalue weighted by Crippen LogP contribution is -2.17. The molecule has 0 spiro atoms. The van der Waals surface area contributed by atoms with Gasteiger partial charge in [-0.3, -0.25) is 4.72 Å². The van der Waals surface area contributed by atoms with Crippen molar-refractivity contribution < 1.29 is 17.4 Å². The van der Waals surface area contributed by atoms with Crippen LogP contribution < -0.4 is 4.72 Å². The molecule has 0 fully saturated rings. The summed E-state index contributed by atoms with van der Waals surface area (Å²) in [5, 5.41) is 0.655. The predicted octanol–water partition coefficient (Wildman–Crippen LogP) is 4.24. The maximum Gasteiger partial charge on any atom is 0.295 e. The summed E-state index contributed by atoms with van der Waals surface area (Å²) < 4.78 is 46.6. The van der Waals surface area contributed by atoms with Crippen LogP contribution in [0.15, 0.2) is 87.5 Å². The van der Waals surface area contributed by atoms with Crippen LogP contribution in [0.25, 0.3) is 11.0 Å². The molecule has 4 aromatic rings. The van der Waals surface area contributed by atoms with Gasteiger partial charge < -0.3 is 8.97 Å². The number of hydrogen-bond donors (Lipinski definition) is 1. The van der Waals surface area contributed by atoms with Crippen LogP contribution >= 0.6 is 0 Å². The summed E-state index contributed by atoms with van der Waals surface area (Å²) in [5.41, 5.74) is 2.27. The lowest BCUT2D eigenvalue weighted by atomic mass is 10.2. The lowest BCUT2D eigenvalue weighted by molar-refractivity contribution is 0.484. The van der Waals surface area contributed by atoms with Gasteiger partial charge >= 0.3 is 0 Å². The summed E-state index contributed by atoms with van der Waals surface area (Å²) in [5.74, 6) is 0.232. The number of sulfonamides is 1. The van der Waals surface area contributed by atoms with E-state index in [4.69, 9.17) is 4.42 Å². The first-order valence-corrected chi connectivity index (χ1v) is 11.6. The Hall–Kier alpha value is -2.81. The van der Waals surface area contributed by atoms with Gasteiger partial charge in [0.1, 0.15) is 17.0 Å². The van der Waals surface area contributed by atoms with E-state index < -0.39 is 21.2 Å². The molecule has 2 heterocycles. The van der Waals surface area contributed by atoms with E-state index >= 15 is 0 Å². The number of furan rings is 1. The first-order valence-electron chi connectivity index (χ1n) is 8.83. The van der Waals surface area contributed by atoms with Crippen molar-refractivity contribution in [2.75, 3.05) is 4.72 Å². The average Bonchev–Trinajstić information content (AvgIpc) is 3.14. The fourth-order valence-corrected chi connectivity index (χ4v) is 5.14. The molecular formula is C21H18N2O4S2. The Bertz CT molecular complexity index is 1220. The van der Waals surface area contributed by atoms with E-state index in [2.05, 4.69) is 9.71 Å². The number of aromatic nitrogens is 1. The van der Waals surface area contributed by atoms with Gasteiger partial charge in [0.05, 0.1) is 0 Å². The van der Waals surface area contributed by atoms with Gasteiger partial charge in [-0.05, 0) is 24.6 Å². The van der Waals surface area contributed by atoms with Crippen LogP contribution in [-0.2, 0) is 27.0 Å². The Kier molecular flexibility index (Phi) is 5.31. The van der Waals surface area contributed by atoms with Crippen LogP contribution in [0.4, 0.5) is 5.69 Å². The van der Waals surface area contributed by atoms with Gasteiger partial charge in [-0.15, -0.1) is 0 Å². The number of benzene rings is 2. The largest absolute Gasteiger partial charge is 0.610 e. The van der Waals surface area contributed by atoms with Gasteiger partial charge in [0.15, 0.2) is 0 Å². The first kappa shape index (κ1) is 19.5. The molecule has 2 aromatic carbocycles. The molecule has 4 rings (SSSR count). The van der Waals surface area contributed by atoms with E-state index in [1.165, 1.54) is 6.07 Å². The van der Waals surface area contributed by atoms with Crippen molar-refractivity contribution in [3.63, 3.8) is 0 Å². The average molecular weight is 427 g/mol. The second kappa shape index (κ2) is 7.90. The molecule has 0 saturated heterocycles. The third kappa shape index (κ3) is 4.29. The summed E-state index contributed by atoms with van der Waals surface area (Å²) in [4.78, 5) is 4.24. The molecule has 0 aliphatic heterocycles. The van der Waals surface area contributed by atoms with Gasteiger partial charge in [-0.1, -0.05) is 48.5 Å². The molecule has 1 unspecified atom stereocenters. The Labute approximate surface area is 171 Å². The van der Waals surface area contributed by atoms with E-state index in [0.717, 1.165) is 11.1 Å². The SMILES string of the molecule is Cc1cnc([S+]([O-])Cc2ccccc2)c(NS(=O)(=O)c2cc3ccccc3o2)c1. The number of pyridine rings is 1. The van der Waals surface area contributed by atoms with Crippen molar-refractivity contribution in [2.24, 2.45) is 0 Å². The van der Waals surface area contributed by atoms with Gasteiger partial charge in [-0.2, -0.15) is 8.42 Å². The maximum absolute atomic E-state index is 12.9. The zero-order chi connectivity index (χ0) is 20.4. The molecule has 1 N–H and O–H groups in total. The second-order valence-electron chi connectivity index (χ2n) is 6.55. The number of fused-ring (bicyclic) bond motifs is 1. The van der Waals surface area contributed by atoms with Crippen molar-refractivity contribution in [1.29, 1.82) is 0 Å². The Morgan fingerprint density at radius 3 is 2.55 bits per heavy atom. The van der Waals surface area contributed by atoms with Crippen LogP contribution in [0.1, 0.15) is 11.1 Å². The highest BCUT2D eigenvalue weighted by molar-refractivity contribution is 7.93. The molecule has 0 aliphatic carbocycles. The van der Waals surface area contributed by atoms with E-state index in [1.54, 1.807) is 43.5 Å². The quantitative estimate of drug-likeness (QED) is 0.465. The molecule has 148 valence electrons. The van der Waals surface area contributed by atoms with Crippen molar-refractivity contribution in [3.05, 3.63) is 84.1 Å². The van der Waals surface area contributed by atoms with Crippen LogP contribution in [0, 0.1) is 6.92 Å². The minimum Gasteiger partial charge on any atom is -0.610 e. The van der Waals surface area contributed by atoms with E-state index in [0.29, 0.717) is 11.0 Å². The smallest absolute Gasteiger partial charge is 0.295 e. The minimum absolute atomic E-state index is 0.180. The summed E-state index contributed by atoms with van der Waals surface area (Å²) >= 11 is -1.53. The molecule has 0 aliphatic rings. The molecule has 0 bridgehead atoms. The van der Waals surface area contributed by atoms with Crippen LogP contribution in [0.2, 0.25) is 0 Å². The standard InChI is InChI=1S/C21H18N2O4S2/c1-15-11-18(21(22-13-15)28(24)14-16-7-3-2-4-8-16)23-29(25,26)20-12-17-9-5-6-10-19(17)27-20/h2-13,23H,14H2,1H3. The Morgan fingerprint density at radius 1 is 1.07 bits per heavy atom. The highest BCUT2D eigenvalue weighted by Crippen LogP contribution is 2.28. The van der Waals surface area contributed by atoms with Crippen LogP contribution in [0.5, 0.6) is 0 Å². The summed E-state index contributed by atoms with van der Waals surface area (Å²) in [7, 11) is -4.01. The predicted molar refractivity (Wildman–Crippen MR) is 113 cm³/mol. The molecule has 8 heteroatoms. The number of rotatable bonds is 6. The second-order valence-corrected chi connectivity index (χ2v) is 9.53. The number of nitrogens with one attached hydrogen (secondary N) is 1. The summed E-state index contributed by atoms with van der Waals surface area (Å²) in [6.07, 6.45) is 1.57. The molecule has 6 nitrogen and oxygen atoms in total. The highest BCUT2D eigenvalue weighted by Gasteiger charge is 2.26. The monoisotopic (exact) mass is 426 g/mol. The number of nitrogens with zero attached hydrogens (tertiary/aromatic N) is 1. The number of aryl methyl sites for hydroxylation is 1. The van der Waals surface area contributed by atoms with E-state index in [9.17, 15) is 13.0 Å². The zero-order valence-corrected chi connectivity index (χ0v) is 17.2. The maximum atomic E-state index is 12.9. The van der Waals surface area contributed by atoms with Crippen LogP contribution in [-0.4, -0.2) is 18.0 Å². The molecule has 29 heavy (non-hydrogen) atoms. The van der Waals surface area contributed by atoms with Gasteiger partial charge in [-0.25, -0.2) is 4.98 Å². The first-order chi connectivity index (χ1) is 13.9. The highest BCUT2D eigenvalue weighted by atomic mass is 32.2. The summed E-state index contributed by atoms with van der Waals surface area (Å²) in [6, 6.07) is 19.4. The molecule has 0 amide bonds. The number of hydrogen-bond acceptors (Lipinski definition) is 5. The Morgan fingerprint density at radius 2 is 1.79 bits per heavy atom. The Balaban J connectivity index is 1.66. The van der Waals surface area contributed by atoms with Crippen LogP contribution in [0.3, 0.4) is 0 Å². The molecule has 2 aromatic heterocycles. The van der Waals surface area contributed by atoms with E-state index in [1.807, 2.05) is 30.3 Å². The van der Waals surface area contributed by atoms with Gasteiger partial charge in [0.25, 0.3) is 15.0 Å². The van der Waals surface area contributed by atoms with Gasteiger partial charge in [0.2, 0.25) is 5.09 Å².